The van der Waals surface area contributed by atoms with Crippen LogP contribution in [0.2, 0.25) is 6.82 Å². The van der Waals surface area contributed by atoms with Gasteiger partial charge in [-0.25, -0.2) is 0 Å². The summed E-state index contributed by atoms with van der Waals surface area (Å²) in [4.78, 5) is 0. The summed E-state index contributed by atoms with van der Waals surface area (Å²) in [5.74, 6) is 0. The first kappa shape index (κ1) is 4.84. The molecule has 0 aliphatic rings. The van der Waals surface area contributed by atoms with Crippen molar-refractivity contribution in [2.75, 3.05) is 0 Å². The molecule has 0 saturated carbocycles. The molecule has 0 heterocycles. The van der Waals surface area contributed by atoms with E-state index < -0.39 is 0 Å². The SMILES string of the molecule is CB([PH-])S. The van der Waals surface area contributed by atoms with Gasteiger partial charge in [-0.3, -0.25) is 12.5 Å². The fourth-order valence-corrected chi connectivity index (χ4v) is 0. The van der Waals surface area contributed by atoms with E-state index >= 15 is 0 Å². The summed E-state index contributed by atoms with van der Waals surface area (Å²) in [5.41, 5.74) is 0.333. The van der Waals surface area contributed by atoms with E-state index in [0.29, 0.717) is 5.71 Å². The second kappa shape index (κ2) is 2.11. The molecule has 0 amide bonds. The number of thiol groups is 1. The molecule has 0 bridgehead atoms. The zero-order valence-corrected chi connectivity index (χ0v) is 4.42. The van der Waals surface area contributed by atoms with Gasteiger partial charge >= 0.3 is 0 Å². The average Bonchev–Trinajstić information content (AvgIpc) is 0.811. The van der Waals surface area contributed by atoms with Gasteiger partial charge in [0.25, 0.3) is 0 Å². The standard InChI is InChI=1S/CH5BPS/c1-2(3)4/h3-4H,1H3/q-1. The molecule has 0 aliphatic heterocycles. The molecular weight excluding hydrogens is 85.9 g/mol. The van der Waals surface area contributed by atoms with Gasteiger partial charge in [0.05, 0.1) is 0 Å². The average molecular weight is 90.9 g/mol. The monoisotopic (exact) mass is 91.0 g/mol. The molecule has 0 fully saturated rings. The number of hydrogen-bond donors (Lipinski definition) is 1. The molecule has 0 rings (SSSR count). The van der Waals surface area contributed by atoms with E-state index in [1.165, 1.54) is 0 Å². The van der Waals surface area contributed by atoms with Crippen LogP contribution in [0.15, 0.2) is 0 Å². The van der Waals surface area contributed by atoms with Crippen LogP contribution in [0, 0.1) is 0 Å². The summed E-state index contributed by atoms with van der Waals surface area (Å²) >= 11 is 3.88. The highest BCUT2D eigenvalue weighted by Gasteiger charge is 1.61. The van der Waals surface area contributed by atoms with E-state index in [9.17, 15) is 0 Å². The highest BCUT2D eigenvalue weighted by atomic mass is 32.1. The van der Waals surface area contributed by atoms with Crippen LogP contribution in [0.5, 0.6) is 0 Å². The third-order valence-electron chi connectivity index (χ3n) is 0. The Morgan fingerprint density at radius 2 is 2.00 bits per heavy atom. The second-order valence-corrected chi connectivity index (χ2v) is 2.80. The molecule has 0 N–H and O–H groups in total. The quantitative estimate of drug-likeness (QED) is 0.258. The normalized spacial score (nSPS) is 6.75. The largest absolute Gasteiger partial charge is 0.575 e. The predicted molar refractivity (Wildman–Crippen MR) is 28.9 cm³/mol. The lowest BCUT2D eigenvalue weighted by Crippen LogP contribution is -1.71. The van der Waals surface area contributed by atoms with Crippen LogP contribution in [0.1, 0.15) is 0 Å². The molecule has 0 aliphatic carbocycles. The van der Waals surface area contributed by atoms with Gasteiger partial charge in [-0.15, -0.1) is 6.82 Å². The van der Waals surface area contributed by atoms with Crippen molar-refractivity contribution in [2.24, 2.45) is 0 Å². The van der Waals surface area contributed by atoms with Crippen LogP contribution in [-0.2, 0) is 0 Å². The molecule has 24 valence electrons. The van der Waals surface area contributed by atoms with Crippen molar-refractivity contribution in [1.29, 1.82) is 0 Å². The zero-order chi connectivity index (χ0) is 3.58. The highest BCUT2D eigenvalue weighted by Crippen LogP contribution is 1.93. The van der Waals surface area contributed by atoms with Crippen molar-refractivity contribution in [3.05, 3.63) is 0 Å². The molecule has 0 saturated heterocycles. The second-order valence-electron chi connectivity index (χ2n) is 0.676. The smallest absolute Gasteiger partial charge is 0.0308 e. The van der Waals surface area contributed by atoms with Gasteiger partial charge in [0.2, 0.25) is 0 Å². The van der Waals surface area contributed by atoms with Crippen LogP contribution in [-0.4, -0.2) is 5.71 Å². The summed E-state index contributed by atoms with van der Waals surface area (Å²) in [6, 6.07) is 0. The maximum atomic E-state index is 3.88. The Balaban J connectivity index is 2.32. The molecule has 0 aromatic heterocycles. The first-order chi connectivity index (χ1) is 1.73. The summed E-state index contributed by atoms with van der Waals surface area (Å²) in [7, 11) is 3.18. The molecular formula is CH5BPS-. The van der Waals surface area contributed by atoms with Gasteiger partial charge in [0.1, 0.15) is 0 Å². The van der Waals surface area contributed by atoms with Gasteiger partial charge in [-0.1, -0.05) is 0 Å². The third kappa shape index (κ3) is 13.6. The van der Waals surface area contributed by atoms with E-state index in [4.69, 9.17) is 0 Å². The number of rotatable bonds is 0. The van der Waals surface area contributed by atoms with E-state index in [-0.39, 0.29) is 0 Å². The van der Waals surface area contributed by atoms with Crippen LogP contribution in [0.3, 0.4) is 0 Å². The first-order valence-electron chi connectivity index (χ1n) is 1.12. The summed E-state index contributed by atoms with van der Waals surface area (Å²) in [6.45, 7) is 1.94. The van der Waals surface area contributed by atoms with E-state index in [2.05, 4.69) is 21.6 Å². The van der Waals surface area contributed by atoms with Crippen LogP contribution < -0.4 is 0 Å². The lowest BCUT2D eigenvalue weighted by Gasteiger charge is -1.90. The molecule has 4 heavy (non-hydrogen) atoms. The maximum Gasteiger partial charge on any atom is 0.0308 e. The van der Waals surface area contributed by atoms with Crippen molar-refractivity contribution < 1.29 is 0 Å². The first-order valence-corrected chi connectivity index (χ1v) is 2.22. The fourth-order valence-electron chi connectivity index (χ4n) is 0. The van der Waals surface area contributed by atoms with Crippen LogP contribution >= 0.6 is 21.6 Å². The Labute approximate surface area is 34.9 Å². The van der Waals surface area contributed by atoms with Crippen molar-refractivity contribution in [3.8, 4) is 0 Å². The summed E-state index contributed by atoms with van der Waals surface area (Å²) in [5, 5.41) is 0. The minimum atomic E-state index is 0.333. The van der Waals surface area contributed by atoms with Crippen molar-refractivity contribution in [1.82, 2.24) is 0 Å². The third-order valence-corrected chi connectivity index (χ3v) is 0. The molecule has 0 aromatic carbocycles. The van der Waals surface area contributed by atoms with Gasteiger partial charge in [0, 0.05) is 5.71 Å². The minimum Gasteiger partial charge on any atom is -0.575 e. The van der Waals surface area contributed by atoms with Gasteiger partial charge in [0.15, 0.2) is 0 Å². The van der Waals surface area contributed by atoms with Gasteiger partial charge in [-0.2, -0.15) is 0 Å². The fraction of sp³-hybridized carbons (Fsp3) is 1.00. The molecule has 0 nitrogen and oxygen atoms in total. The Bertz CT molecular complexity index is 12.8. The Morgan fingerprint density at radius 3 is 2.00 bits per heavy atom. The highest BCUT2D eigenvalue weighted by molar-refractivity contribution is 8.24. The Hall–Kier alpha value is 0.845. The molecule has 0 radical (unpaired) electrons. The molecule has 0 aromatic rings. The summed E-state index contributed by atoms with van der Waals surface area (Å²) in [6.07, 6.45) is 0. The Morgan fingerprint density at radius 1 is 2.00 bits per heavy atom. The molecule has 0 unspecified atom stereocenters. The van der Waals surface area contributed by atoms with Gasteiger partial charge in [-0.05, 0) is 0 Å². The predicted octanol–water partition coefficient (Wildman–Crippen LogP) is 1.18. The van der Waals surface area contributed by atoms with Gasteiger partial charge < -0.3 is 9.12 Å². The maximum absolute atomic E-state index is 3.88. The van der Waals surface area contributed by atoms with Crippen LogP contribution in [0.25, 0.3) is 0 Å². The van der Waals surface area contributed by atoms with E-state index in [1.807, 2.05) is 6.82 Å². The topological polar surface area (TPSA) is 0 Å². The summed E-state index contributed by atoms with van der Waals surface area (Å²) < 4.78 is 0. The van der Waals surface area contributed by atoms with E-state index in [0.717, 1.165) is 0 Å². The van der Waals surface area contributed by atoms with Crippen LogP contribution in [0.4, 0.5) is 0 Å². The lowest BCUT2D eigenvalue weighted by molar-refractivity contribution is 2.36. The van der Waals surface area contributed by atoms with Crippen molar-refractivity contribution in [3.63, 3.8) is 0 Å². The molecule has 0 spiro atoms. The van der Waals surface area contributed by atoms with E-state index in [1.54, 1.807) is 0 Å². The zero-order valence-electron chi connectivity index (χ0n) is 2.52. The lowest BCUT2D eigenvalue weighted by atomic mass is 10.2. The minimum absolute atomic E-state index is 0.333. The number of hydrogen-bond acceptors (Lipinski definition) is 1. The van der Waals surface area contributed by atoms with Crippen molar-refractivity contribution in [2.45, 2.75) is 6.82 Å². The van der Waals surface area contributed by atoms with Crippen molar-refractivity contribution >= 4 is 27.3 Å². The Kier molecular flexibility index (Phi) is 2.55. The molecule has 0 atom stereocenters. The molecule has 3 heteroatoms.